The summed E-state index contributed by atoms with van der Waals surface area (Å²) in [5, 5.41) is 17.0. The third kappa shape index (κ3) is 2.31. The molecule has 3 N–H and O–H groups in total. The first-order valence-corrected chi connectivity index (χ1v) is 5.12. The minimum absolute atomic E-state index is 0.0608. The van der Waals surface area contributed by atoms with E-state index >= 15 is 0 Å². The smallest absolute Gasteiger partial charge is 0.312 e. The molecule has 0 aliphatic carbocycles. The minimum Gasteiger partial charge on any atom is -0.481 e. The first-order chi connectivity index (χ1) is 8.22. The molecule has 6 nitrogen and oxygen atoms in total. The molecule has 2 rings (SSSR count). The number of hydrogen-bond donors (Lipinski definition) is 2. The molecule has 1 atom stereocenters. The van der Waals surface area contributed by atoms with Gasteiger partial charge in [-0.05, 0) is 17.7 Å². The molecule has 0 spiro atoms. The molecule has 1 heterocycles. The number of aliphatic carboxylic acids is 1. The Balaban J connectivity index is 2.37. The Labute approximate surface area is 97.7 Å². The van der Waals surface area contributed by atoms with Gasteiger partial charge in [-0.25, -0.2) is 0 Å². The fourth-order valence-electron chi connectivity index (χ4n) is 1.59. The first kappa shape index (κ1) is 11.3. The number of rotatable bonds is 4. The van der Waals surface area contributed by atoms with Crippen LogP contribution in [-0.4, -0.2) is 32.6 Å². The van der Waals surface area contributed by atoms with Crippen LogP contribution in [0.5, 0.6) is 0 Å². The van der Waals surface area contributed by atoms with E-state index in [1.165, 1.54) is 4.80 Å². The van der Waals surface area contributed by atoms with Crippen LogP contribution in [0, 0.1) is 0 Å². The number of benzene rings is 1. The molecule has 17 heavy (non-hydrogen) atoms. The Hall–Kier alpha value is -2.21. The molecule has 0 aliphatic rings. The molecule has 0 aliphatic heterocycles. The van der Waals surface area contributed by atoms with Gasteiger partial charge in [-0.1, -0.05) is 12.1 Å². The summed E-state index contributed by atoms with van der Waals surface area (Å²) >= 11 is 0. The lowest BCUT2D eigenvalue weighted by Crippen LogP contribution is -2.21. The van der Waals surface area contributed by atoms with Gasteiger partial charge in [-0.3, -0.25) is 4.79 Å². The lowest BCUT2D eigenvalue weighted by molar-refractivity contribution is -0.138. The molecule has 0 saturated carbocycles. The molecule has 2 aromatic rings. The SMILES string of the molecule is NCC(C(=O)O)c1cccc(-n2nccn2)c1. The van der Waals surface area contributed by atoms with E-state index in [1.807, 2.05) is 0 Å². The summed E-state index contributed by atoms with van der Waals surface area (Å²) in [6, 6.07) is 7.03. The highest BCUT2D eigenvalue weighted by Gasteiger charge is 2.18. The van der Waals surface area contributed by atoms with E-state index in [0.29, 0.717) is 11.3 Å². The molecule has 0 bridgehead atoms. The molecule has 1 unspecified atom stereocenters. The molecule has 0 fully saturated rings. The van der Waals surface area contributed by atoms with E-state index in [2.05, 4.69) is 10.2 Å². The Bertz CT molecular complexity index is 510. The van der Waals surface area contributed by atoms with Gasteiger partial charge in [0, 0.05) is 6.54 Å². The molecule has 6 heteroatoms. The largest absolute Gasteiger partial charge is 0.481 e. The summed E-state index contributed by atoms with van der Waals surface area (Å²) in [6.07, 6.45) is 3.12. The second-order valence-corrected chi connectivity index (χ2v) is 3.54. The third-order valence-electron chi connectivity index (χ3n) is 2.46. The highest BCUT2D eigenvalue weighted by atomic mass is 16.4. The number of hydrogen-bond acceptors (Lipinski definition) is 4. The first-order valence-electron chi connectivity index (χ1n) is 5.12. The molecule has 0 radical (unpaired) electrons. The molecule has 88 valence electrons. The van der Waals surface area contributed by atoms with Crippen LogP contribution >= 0.6 is 0 Å². The van der Waals surface area contributed by atoms with Crippen LogP contribution in [0.25, 0.3) is 5.69 Å². The van der Waals surface area contributed by atoms with Gasteiger partial charge < -0.3 is 10.8 Å². The average Bonchev–Trinajstić information content (AvgIpc) is 2.83. The normalized spacial score (nSPS) is 12.3. The van der Waals surface area contributed by atoms with Crippen LogP contribution in [0.4, 0.5) is 0 Å². The number of aromatic nitrogens is 3. The third-order valence-corrected chi connectivity index (χ3v) is 2.46. The minimum atomic E-state index is -0.932. The van der Waals surface area contributed by atoms with Crippen molar-refractivity contribution in [3.63, 3.8) is 0 Å². The van der Waals surface area contributed by atoms with E-state index in [4.69, 9.17) is 10.8 Å². The molecule has 0 amide bonds. The second kappa shape index (κ2) is 4.75. The van der Waals surface area contributed by atoms with Gasteiger partial charge in [0.1, 0.15) is 0 Å². The fourth-order valence-corrected chi connectivity index (χ4v) is 1.59. The van der Waals surface area contributed by atoms with Gasteiger partial charge >= 0.3 is 5.97 Å². The Morgan fingerprint density at radius 2 is 2.12 bits per heavy atom. The summed E-state index contributed by atoms with van der Waals surface area (Å²) in [5.74, 6) is -1.64. The zero-order chi connectivity index (χ0) is 12.3. The second-order valence-electron chi connectivity index (χ2n) is 3.54. The lowest BCUT2D eigenvalue weighted by Gasteiger charge is -2.11. The van der Waals surface area contributed by atoms with Crippen LogP contribution in [0.3, 0.4) is 0 Å². The highest BCUT2D eigenvalue weighted by molar-refractivity contribution is 5.76. The number of nitrogens with zero attached hydrogens (tertiary/aromatic N) is 3. The van der Waals surface area contributed by atoms with Crippen molar-refractivity contribution in [1.82, 2.24) is 15.0 Å². The average molecular weight is 232 g/mol. The highest BCUT2D eigenvalue weighted by Crippen LogP contribution is 2.17. The van der Waals surface area contributed by atoms with Gasteiger partial charge in [0.25, 0.3) is 0 Å². The van der Waals surface area contributed by atoms with Crippen LogP contribution in [-0.2, 0) is 4.79 Å². The topological polar surface area (TPSA) is 94.0 Å². The van der Waals surface area contributed by atoms with E-state index in [-0.39, 0.29) is 6.54 Å². The van der Waals surface area contributed by atoms with Crippen LogP contribution < -0.4 is 5.73 Å². The van der Waals surface area contributed by atoms with Gasteiger partial charge in [0.05, 0.1) is 24.0 Å². The van der Waals surface area contributed by atoms with Gasteiger partial charge in [0.15, 0.2) is 0 Å². The van der Waals surface area contributed by atoms with Crippen molar-refractivity contribution in [2.75, 3.05) is 6.54 Å². The molecule has 1 aromatic carbocycles. The monoisotopic (exact) mass is 232 g/mol. The van der Waals surface area contributed by atoms with Crippen LogP contribution in [0.2, 0.25) is 0 Å². The number of nitrogens with two attached hydrogens (primary N) is 1. The van der Waals surface area contributed by atoms with E-state index in [0.717, 1.165) is 0 Å². The zero-order valence-corrected chi connectivity index (χ0v) is 9.02. The summed E-state index contributed by atoms with van der Waals surface area (Å²) in [6.45, 7) is 0.0608. The van der Waals surface area contributed by atoms with Crippen molar-refractivity contribution in [3.05, 3.63) is 42.2 Å². The van der Waals surface area contributed by atoms with Crippen molar-refractivity contribution in [3.8, 4) is 5.69 Å². The van der Waals surface area contributed by atoms with Gasteiger partial charge in [-0.15, -0.1) is 0 Å². The maximum absolute atomic E-state index is 11.0. The zero-order valence-electron chi connectivity index (χ0n) is 9.02. The summed E-state index contributed by atoms with van der Waals surface area (Å²) in [7, 11) is 0. The fraction of sp³-hybridized carbons (Fsp3) is 0.182. The van der Waals surface area contributed by atoms with Crippen molar-refractivity contribution in [2.45, 2.75) is 5.92 Å². The summed E-state index contributed by atoms with van der Waals surface area (Å²) in [5.41, 5.74) is 6.82. The van der Waals surface area contributed by atoms with E-state index in [1.54, 1.807) is 36.7 Å². The predicted octanol–water partition coefficient (Wildman–Crippen LogP) is 0.394. The maximum atomic E-state index is 11.0. The van der Waals surface area contributed by atoms with Crippen LogP contribution in [0.1, 0.15) is 11.5 Å². The lowest BCUT2D eigenvalue weighted by atomic mass is 9.99. The van der Waals surface area contributed by atoms with Crippen molar-refractivity contribution in [1.29, 1.82) is 0 Å². The molecular formula is C11H12N4O2. The van der Waals surface area contributed by atoms with Crippen molar-refractivity contribution in [2.24, 2.45) is 5.73 Å². The number of carboxylic acids is 1. The Kier molecular flexibility index (Phi) is 3.15. The maximum Gasteiger partial charge on any atom is 0.312 e. The molecule has 0 saturated heterocycles. The Morgan fingerprint density at radius 1 is 1.41 bits per heavy atom. The standard InChI is InChI=1S/C11H12N4O2/c12-7-10(11(16)17)8-2-1-3-9(6-8)15-13-4-5-14-15/h1-6,10H,7,12H2,(H,16,17). The van der Waals surface area contributed by atoms with E-state index < -0.39 is 11.9 Å². The number of carbonyl (C=O) groups is 1. The van der Waals surface area contributed by atoms with Gasteiger partial charge in [0.2, 0.25) is 0 Å². The Morgan fingerprint density at radius 3 is 2.71 bits per heavy atom. The number of carboxylic acid groups (broad SMARTS) is 1. The van der Waals surface area contributed by atoms with Gasteiger partial charge in [-0.2, -0.15) is 15.0 Å². The predicted molar refractivity (Wildman–Crippen MR) is 60.8 cm³/mol. The van der Waals surface area contributed by atoms with Crippen molar-refractivity contribution >= 4 is 5.97 Å². The quantitative estimate of drug-likeness (QED) is 0.795. The summed E-state index contributed by atoms with van der Waals surface area (Å²) < 4.78 is 0. The molecule has 1 aromatic heterocycles. The van der Waals surface area contributed by atoms with Crippen molar-refractivity contribution < 1.29 is 9.90 Å². The van der Waals surface area contributed by atoms with Crippen LogP contribution in [0.15, 0.2) is 36.7 Å². The molecular weight excluding hydrogens is 220 g/mol. The summed E-state index contributed by atoms with van der Waals surface area (Å²) in [4.78, 5) is 12.4. The van der Waals surface area contributed by atoms with E-state index in [9.17, 15) is 4.79 Å².